The Morgan fingerprint density at radius 3 is 2.93 bits per heavy atom. The van der Waals surface area contributed by atoms with E-state index in [1.165, 1.54) is 4.90 Å². The van der Waals surface area contributed by atoms with Gasteiger partial charge in [-0.3, -0.25) is 9.18 Å². The van der Waals surface area contributed by atoms with Gasteiger partial charge >= 0.3 is 0 Å². The number of nitrogens with zero attached hydrogens (tertiary/aromatic N) is 2. The quantitative estimate of drug-likeness (QED) is 0.745. The van der Waals surface area contributed by atoms with E-state index in [9.17, 15) is 9.18 Å². The smallest absolute Gasteiger partial charge is 0.228 e. The number of hydrogen-bond donors (Lipinski definition) is 0. The molecule has 1 aliphatic rings. The predicted molar refractivity (Wildman–Crippen MR) is 50.8 cm³/mol. The molecule has 0 aromatic carbocycles. The number of alkyl halides is 1. The standard InChI is InChI=1S/C10H13FN2O2/c1-6-3-9(15-12-6)8-4-7(5-11)10(14)13(8)2/h3,7-8H,4-5H2,1-2H3. The van der Waals surface area contributed by atoms with Crippen LogP contribution in [-0.4, -0.2) is 29.7 Å². The van der Waals surface area contributed by atoms with Gasteiger partial charge in [0.15, 0.2) is 5.76 Å². The van der Waals surface area contributed by atoms with E-state index in [0.717, 1.165) is 5.69 Å². The normalized spacial score (nSPS) is 26.3. The average molecular weight is 212 g/mol. The Morgan fingerprint density at radius 2 is 2.47 bits per heavy atom. The van der Waals surface area contributed by atoms with Crippen LogP contribution in [0, 0.1) is 12.8 Å². The molecule has 2 unspecified atom stereocenters. The number of aryl methyl sites for hydroxylation is 1. The van der Waals surface area contributed by atoms with Crippen LogP contribution in [0.4, 0.5) is 4.39 Å². The topological polar surface area (TPSA) is 46.3 Å². The minimum atomic E-state index is -0.604. The monoisotopic (exact) mass is 212 g/mol. The van der Waals surface area contributed by atoms with Crippen molar-refractivity contribution in [2.45, 2.75) is 19.4 Å². The summed E-state index contributed by atoms with van der Waals surface area (Å²) in [5.74, 6) is -0.0405. The molecule has 2 heterocycles. The van der Waals surface area contributed by atoms with Crippen molar-refractivity contribution in [1.82, 2.24) is 10.1 Å². The summed E-state index contributed by atoms with van der Waals surface area (Å²) in [5.41, 5.74) is 0.773. The SMILES string of the molecule is Cc1cc(C2CC(CF)C(=O)N2C)on1. The number of amides is 1. The Hall–Kier alpha value is -1.39. The molecule has 1 aromatic rings. The summed E-state index contributed by atoms with van der Waals surface area (Å²) in [5, 5.41) is 3.76. The zero-order chi connectivity index (χ0) is 11.0. The van der Waals surface area contributed by atoms with Crippen molar-refractivity contribution in [3.63, 3.8) is 0 Å². The zero-order valence-corrected chi connectivity index (χ0v) is 8.74. The van der Waals surface area contributed by atoms with Crippen LogP contribution in [0.2, 0.25) is 0 Å². The number of halogens is 1. The molecular formula is C10H13FN2O2. The molecule has 4 nitrogen and oxygen atoms in total. The number of aromatic nitrogens is 1. The maximum atomic E-state index is 12.5. The van der Waals surface area contributed by atoms with Crippen LogP contribution in [0.15, 0.2) is 10.6 Å². The highest BCUT2D eigenvalue weighted by atomic mass is 19.1. The molecule has 0 spiro atoms. The maximum Gasteiger partial charge on any atom is 0.228 e. The first-order valence-corrected chi connectivity index (χ1v) is 4.89. The van der Waals surface area contributed by atoms with Gasteiger partial charge in [0, 0.05) is 13.1 Å². The number of carbonyl (C=O) groups excluding carboxylic acids is 1. The van der Waals surface area contributed by atoms with Crippen LogP contribution in [0.3, 0.4) is 0 Å². The van der Waals surface area contributed by atoms with Crippen molar-refractivity contribution >= 4 is 5.91 Å². The van der Waals surface area contributed by atoms with E-state index in [1.54, 1.807) is 13.1 Å². The second kappa shape index (κ2) is 3.64. The van der Waals surface area contributed by atoms with Gasteiger partial charge < -0.3 is 9.42 Å². The third-order valence-corrected chi connectivity index (χ3v) is 2.83. The summed E-state index contributed by atoms with van der Waals surface area (Å²) in [6.07, 6.45) is 0.473. The van der Waals surface area contributed by atoms with Crippen LogP contribution in [0.25, 0.3) is 0 Å². The number of carbonyl (C=O) groups is 1. The highest BCUT2D eigenvalue weighted by Gasteiger charge is 2.39. The molecule has 1 aromatic heterocycles. The van der Waals surface area contributed by atoms with Gasteiger partial charge in [-0.25, -0.2) is 0 Å². The van der Waals surface area contributed by atoms with E-state index >= 15 is 0 Å². The summed E-state index contributed by atoms with van der Waals surface area (Å²) in [6.45, 7) is 1.21. The van der Waals surface area contributed by atoms with Crippen molar-refractivity contribution in [3.05, 3.63) is 17.5 Å². The molecule has 1 amide bonds. The van der Waals surface area contributed by atoms with E-state index < -0.39 is 12.6 Å². The van der Waals surface area contributed by atoms with Crippen molar-refractivity contribution < 1.29 is 13.7 Å². The van der Waals surface area contributed by atoms with E-state index in [4.69, 9.17) is 4.52 Å². The molecular weight excluding hydrogens is 199 g/mol. The third kappa shape index (κ3) is 1.62. The molecule has 82 valence electrons. The van der Waals surface area contributed by atoms with E-state index in [-0.39, 0.29) is 11.9 Å². The van der Waals surface area contributed by atoms with Crippen LogP contribution in [-0.2, 0) is 4.79 Å². The molecule has 2 rings (SSSR count). The molecule has 0 radical (unpaired) electrons. The summed E-state index contributed by atoms with van der Waals surface area (Å²) in [4.78, 5) is 13.1. The maximum absolute atomic E-state index is 12.5. The molecule has 1 fully saturated rings. The third-order valence-electron chi connectivity index (χ3n) is 2.83. The van der Waals surface area contributed by atoms with Gasteiger partial charge in [0.2, 0.25) is 5.91 Å². The molecule has 1 aliphatic heterocycles. The van der Waals surface area contributed by atoms with Gasteiger partial charge in [0.25, 0.3) is 0 Å². The fourth-order valence-corrected chi connectivity index (χ4v) is 1.95. The lowest BCUT2D eigenvalue weighted by molar-refractivity contribution is -0.131. The number of rotatable bonds is 2. The summed E-state index contributed by atoms with van der Waals surface area (Å²) >= 11 is 0. The summed E-state index contributed by atoms with van der Waals surface area (Å²) in [7, 11) is 1.67. The first kappa shape index (κ1) is 10.1. The van der Waals surface area contributed by atoms with Crippen molar-refractivity contribution in [3.8, 4) is 0 Å². The summed E-state index contributed by atoms with van der Waals surface area (Å²) in [6, 6.07) is 1.62. The Kier molecular flexibility index (Phi) is 2.46. The van der Waals surface area contributed by atoms with E-state index in [2.05, 4.69) is 5.16 Å². The van der Waals surface area contributed by atoms with Crippen LogP contribution >= 0.6 is 0 Å². The minimum Gasteiger partial charge on any atom is -0.359 e. The lowest BCUT2D eigenvalue weighted by Crippen LogP contribution is -2.25. The van der Waals surface area contributed by atoms with E-state index in [1.807, 2.05) is 6.92 Å². The molecule has 2 atom stereocenters. The Morgan fingerprint density at radius 1 is 1.73 bits per heavy atom. The second-order valence-electron chi connectivity index (χ2n) is 3.92. The lowest BCUT2D eigenvalue weighted by atomic mass is 10.1. The van der Waals surface area contributed by atoms with Crippen LogP contribution < -0.4 is 0 Å². The van der Waals surface area contributed by atoms with Crippen molar-refractivity contribution in [2.75, 3.05) is 13.7 Å². The second-order valence-corrected chi connectivity index (χ2v) is 3.92. The fraction of sp³-hybridized carbons (Fsp3) is 0.600. The average Bonchev–Trinajstić information content (AvgIpc) is 2.74. The number of likely N-dealkylation sites (tertiary alicyclic amines) is 1. The molecule has 0 bridgehead atoms. The molecule has 1 saturated heterocycles. The fourth-order valence-electron chi connectivity index (χ4n) is 1.95. The molecule has 5 heteroatoms. The first-order valence-electron chi connectivity index (χ1n) is 4.89. The Labute approximate surface area is 87.0 Å². The van der Waals surface area contributed by atoms with Gasteiger partial charge in [-0.15, -0.1) is 0 Å². The molecule has 0 aliphatic carbocycles. The largest absolute Gasteiger partial charge is 0.359 e. The molecule has 0 N–H and O–H groups in total. The van der Waals surface area contributed by atoms with Crippen molar-refractivity contribution in [1.29, 1.82) is 0 Å². The van der Waals surface area contributed by atoms with Crippen LogP contribution in [0.5, 0.6) is 0 Å². The van der Waals surface area contributed by atoms with Gasteiger partial charge in [0.1, 0.15) is 6.67 Å². The highest BCUT2D eigenvalue weighted by Crippen LogP contribution is 2.35. The zero-order valence-electron chi connectivity index (χ0n) is 8.74. The Balaban J connectivity index is 2.21. The number of hydrogen-bond acceptors (Lipinski definition) is 3. The van der Waals surface area contributed by atoms with Gasteiger partial charge in [-0.1, -0.05) is 5.16 Å². The van der Waals surface area contributed by atoms with E-state index in [0.29, 0.717) is 12.2 Å². The highest BCUT2D eigenvalue weighted by molar-refractivity contribution is 5.81. The van der Waals surface area contributed by atoms with Gasteiger partial charge in [-0.2, -0.15) is 0 Å². The predicted octanol–water partition coefficient (Wildman–Crippen LogP) is 1.47. The Bertz CT molecular complexity index is 377. The lowest BCUT2D eigenvalue weighted by Gasteiger charge is -2.16. The molecule has 0 saturated carbocycles. The van der Waals surface area contributed by atoms with Crippen molar-refractivity contribution in [2.24, 2.45) is 5.92 Å². The van der Waals surface area contributed by atoms with Gasteiger partial charge in [0.05, 0.1) is 17.7 Å². The first-order chi connectivity index (χ1) is 7.13. The van der Waals surface area contributed by atoms with Gasteiger partial charge in [-0.05, 0) is 13.3 Å². The minimum absolute atomic E-state index is 0.156. The van der Waals surface area contributed by atoms with Crippen LogP contribution in [0.1, 0.15) is 23.9 Å². The molecule has 15 heavy (non-hydrogen) atoms. The summed E-state index contributed by atoms with van der Waals surface area (Å²) < 4.78 is 17.6.